The van der Waals surface area contributed by atoms with Crippen molar-refractivity contribution in [3.05, 3.63) is 42.4 Å². The minimum Gasteiger partial charge on any atom is -0.486 e. The summed E-state index contributed by atoms with van der Waals surface area (Å²) >= 11 is 0. The Labute approximate surface area is 200 Å². The van der Waals surface area contributed by atoms with Gasteiger partial charge in [-0.05, 0) is 63.0 Å². The number of hydrogen-bond acceptors (Lipinski definition) is 7. The summed E-state index contributed by atoms with van der Waals surface area (Å²) in [6, 6.07) is 8.56. The summed E-state index contributed by atoms with van der Waals surface area (Å²) in [7, 11) is -3.66. The van der Waals surface area contributed by atoms with Crippen molar-refractivity contribution < 1.29 is 27.1 Å². The first-order chi connectivity index (χ1) is 16.5. The number of nitrogens with zero attached hydrogens (tertiary/aromatic N) is 2. The Balaban J connectivity index is 1.17. The molecule has 34 heavy (non-hydrogen) atoms. The minimum absolute atomic E-state index is 0.0212. The molecule has 4 heterocycles. The molecule has 5 rings (SSSR count). The quantitative estimate of drug-likeness (QED) is 0.637. The Morgan fingerprint density at radius 2 is 1.76 bits per heavy atom. The van der Waals surface area contributed by atoms with Gasteiger partial charge in [0.1, 0.15) is 19.0 Å². The van der Waals surface area contributed by atoms with Crippen LogP contribution < -0.4 is 14.8 Å². The van der Waals surface area contributed by atoms with Gasteiger partial charge in [-0.1, -0.05) is 0 Å². The van der Waals surface area contributed by atoms with Crippen molar-refractivity contribution in [2.45, 2.75) is 36.6 Å². The number of piperidine rings is 1. The second-order valence-electron chi connectivity index (χ2n) is 9.00. The first kappa shape index (κ1) is 23.2. The van der Waals surface area contributed by atoms with Crippen molar-refractivity contribution in [3.8, 4) is 11.5 Å². The summed E-state index contributed by atoms with van der Waals surface area (Å²) in [6.45, 7) is 3.95. The third-order valence-corrected chi connectivity index (χ3v) is 8.79. The SMILES string of the molecule is O=C(NC[C@@H](c1ccco1)N1CCCC1)C1CCN(S(=O)(=O)c2ccc3c(c2)OCCO3)CC1. The summed E-state index contributed by atoms with van der Waals surface area (Å²) in [5.74, 6) is 1.64. The standard InChI is InChI=1S/C24H31N3O6S/c28-24(25-17-20(21-4-3-13-31-21)26-9-1-2-10-26)18-7-11-27(12-8-18)34(29,30)19-5-6-22-23(16-19)33-15-14-32-22/h3-6,13,16,18,20H,1-2,7-12,14-15,17H2,(H,25,28)/t20-/m0/s1. The summed E-state index contributed by atoms with van der Waals surface area (Å²) in [5.41, 5.74) is 0. The molecular weight excluding hydrogens is 458 g/mol. The van der Waals surface area contributed by atoms with Crippen molar-refractivity contribution in [3.63, 3.8) is 0 Å². The number of fused-ring (bicyclic) bond motifs is 1. The van der Waals surface area contributed by atoms with E-state index in [1.807, 2.05) is 12.1 Å². The molecule has 0 aliphatic carbocycles. The van der Waals surface area contributed by atoms with Crippen LogP contribution in [0, 0.1) is 5.92 Å². The van der Waals surface area contributed by atoms with Gasteiger partial charge >= 0.3 is 0 Å². The average Bonchev–Trinajstić information content (AvgIpc) is 3.59. The highest BCUT2D eigenvalue weighted by molar-refractivity contribution is 7.89. The van der Waals surface area contributed by atoms with Gasteiger partial charge in [-0.2, -0.15) is 4.31 Å². The van der Waals surface area contributed by atoms with E-state index in [2.05, 4.69) is 10.2 Å². The molecule has 1 N–H and O–H groups in total. The van der Waals surface area contributed by atoms with Gasteiger partial charge in [-0.25, -0.2) is 8.42 Å². The second-order valence-corrected chi connectivity index (χ2v) is 10.9. The minimum atomic E-state index is -3.66. The van der Waals surface area contributed by atoms with Crippen LogP contribution in [-0.2, 0) is 14.8 Å². The van der Waals surface area contributed by atoms with Crippen LogP contribution in [-0.4, -0.2) is 69.5 Å². The van der Waals surface area contributed by atoms with Crippen molar-refractivity contribution in [2.24, 2.45) is 5.92 Å². The normalized spacial score (nSPS) is 20.8. The lowest BCUT2D eigenvalue weighted by Crippen LogP contribution is -2.44. The number of furan rings is 1. The summed E-state index contributed by atoms with van der Waals surface area (Å²) in [5, 5.41) is 3.10. The van der Waals surface area contributed by atoms with E-state index in [0.29, 0.717) is 57.2 Å². The topological polar surface area (TPSA) is 101 Å². The molecule has 3 aliphatic rings. The van der Waals surface area contributed by atoms with Crippen LogP contribution in [0.5, 0.6) is 11.5 Å². The number of carbonyl (C=O) groups is 1. The number of hydrogen-bond donors (Lipinski definition) is 1. The Morgan fingerprint density at radius 1 is 1.03 bits per heavy atom. The number of carbonyl (C=O) groups excluding carboxylic acids is 1. The second kappa shape index (κ2) is 9.97. The third-order valence-electron chi connectivity index (χ3n) is 6.90. The Hall–Kier alpha value is -2.56. The van der Waals surface area contributed by atoms with E-state index in [-0.39, 0.29) is 22.8 Å². The molecule has 2 fully saturated rings. The van der Waals surface area contributed by atoms with Crippen molar-refractivity contribution in [1.82, 2.24) is 14.5 Å². The molecule has 0 bridgehead atoms. The number of likely N-dealkylation sites (tertiary alicyclic amines) is 1. The third kappa shape index (κ3) is 4.80. The maximum absolute atomic E-state index is 13.2. The maximum Gasteiger partial charge on any atom is 0.243 e. The number of sulfonamides is 1. The molecule has 0 radical (unpaired) electrons. The van der Waals surface area contributed by atoms with Crippen molar-refractivity contribution >= 4 is 15.9 Å². The lowest BCUT2D eigenvalue weighted by atomic mass is 9.97. The van der Waals surface area contributed by atoms with E-state index in [9.17, 15) is 13.2 Å². The van der Waals surface area contributed by atoms with E-state index in [0.717, 1.165) is 31.7 Å². The molecule has 0 spiro atoms. The molecule has 10 heteroatoms. The average molecular weight is 490 g/mol. The van der Waals surface area contributed by atoms with Gasteiger partial charge in [-0.15, -0.1) is 0 Å². The van der Waals surface area contributed by atoms with E-state index in [1.54, 1.807) is 18.4 Å². The van der Waals surface area contributed by atoms with Gasteiger partial charge < -0.3 is 19.2 Å². The molecule has 2 aromatic rings. The summed E-state index contributed by atoms with van der Waals surface area (Å²) in [6.07, 6.45) is 4.95. The molecule has 2 saturated heterocycles. The van der Waals surface area contributed by atoms with Gasteiger partial charge in [0.05, 0.1) is 17.2 Å². The zero-order valence-corrected chi connectivity index (χ0v) is 20.0. The maximum atomic E-state index is 13.2. The molecule has 1 atom stereocenters. The van der Waals surface area contributed by atoms with Crippen LogP contribution in [0.25, 0.3) is 0 Å². The number of ether oxygens (including phenoxy) is 2. The Morgan fingerprint density at radius 3 is 2.47 bits per heavy atom. The van der Waals surface area contributed by atoms with E-state index < -0.39 is 10.0 Å². The van der Waals surface area contributed by atoms with Gasteiger partial charge in [-0.3, -0.25) is 9.69 Å². The Bertz CT molecular complexity index is 1090. The van der Waals surface area contributed by atoms with Crippen LogP contribution in [0.15, 0.2) is 45.9 Å². The molecule has 184 valence electrons. The fourth-order valence-corrected chi connectivity index (χ4v) is 6.46. The smallest absolute Gasteiger partial charge is 0.243 e. The molecule has 1 amide bonds. The highest BCUT2D eigenvalue weighted by Crippen LogP contribution is 2.34. The Kier molecular flexibility index (Phi) is 6.80. The zero-order chi connectivity index (χ0) is 23.5. The zero-order valence-electron chi connectivity index (χ0n) is 19.1. The van der Waals surface area contributed by atoms with Crippen LogP contribution in [0.4, 0.5) is 0 Å². The molecule has 0 saturated carbocycles. The number of rotatable bonds is 7. The predicted octanol–water partition coefficient (Wildman–Crippen LogP) is 2.40. The van der Waals surface area contributed by atoms with Gasteiger partial charge in [0.15, 0.2) is 11.5 Å². The lowest BCUT2D eigenvalue weighted by molar-refractivity contribution is -0.126. The first-order valence-corrected chi connectivity index (χ1v) is 13.4. The largest absolute Gasteiger partial charge is 0.486 e. The number of nitrogens with one attached hydrogen (secondary N) is 1. The highest BCUT2D eigenvalue weighted by atomic mass is 32.2. The molecule has 1 aromatic heterocycles. The van der Waals surface area contributed by atoms with Crippen LogP contribution in [0.1, 0.15) is 37.5 Å². The number of benzene rings is 1. The fraction of sp³-hybridized carbons (Fsp3) is 0.542. The molecule has 9 nitrogen and oxygen atoms in total. The van der Waals surface area contributed by atoms with Crippen molar-refractivity contribution in [2.75, 3.05) is 45.9 Å². The van der Waals surface area contributed by atoms with Crippen LogP contribution in [0.2, 0.25) is 0 Å². The first-order valence-electron chi connectivity index (χ1n) is 12.0. The molecule has 1 aromatic carbocycles. The van der Waals surface area contributed by atoms with Crippen molar-refractivity contribution in [1.29, 1.82) is 0 Å². The van der Waals surface area contributed by atoms with Crippen LogP contribution in [0.3, 0.4) is 0 Å². The van der Waals surface area contributed by atoms with Crippen LogP contribution >= 0.6 is 0 Å². The molecule has 3 aliphatic heterocycles. The van der Waals surface area contributed by atoms with Gasteiger partial charge in [0.2, 0.25) is 15.9 Å². The number of amides is 1. The summed E-state index contributed by atoms with van der Waals surface area (Å²) < 4.78 is 44.4. The summed E-state index contributed by atoms with van der Waals surface area (Å²) in [4.78, 5) is 15.5. The molecular formula is C24H31N3O6S. The van der Waals surface area contributed by atoms with Gasteiger partial charge in [0, 0.05) is 31.6 Å². The fourth-order valence-electron chi connectivity index (χ4n) is 4.98. The van der Waals surface area contributed by atoms with E-state index >= 15 is 0 Å². The molecule has 0 unspecified atom stereocenters. The van der Waals surface area contributed by atoms with Gasteiger partial charge in [0.25, 0.3) is 0 Å². The van der Waals surface area contributed by atoms with E-state index in [4.69, 9.17) is 13.9 Å². The van der Waals surface area contributed by atoms with E-state index in [1.165, 1.54) is 10.4 Å². The monoisotopic (exact) mass is 489 g/mol. The highest BCUT2D eigenvalue weighted by Gasteiger charge is 2.34. The lowest BCUT2D eigenvalue weighted by Gasteiger charge is -2.31. The predicted molar refractivity (Wildman–Crippen MR) is 124 cm³/mol.